The number of thiazole rings is 1. The molecule has 0 aromatic carbocycles. The fourth-order valence-electron chi connectivity index (χ4n) is 2.56. The first-order valence-electron chi connectivity index (χ1n) is 5.92. The van der Waals surface area contributed by atoms with E-state index in [-0.39, 0.29) is 11.4 Å². The van der Waals surface area contributed by atoms with E-state index in [1.165, 1.54) is 24.2 Å². The van der Waals surface area contributed by atoms with E-state index in [1.54, 1.807) is 10.9 Å². The maximum atomic E-state index is 12.1. The van der Waals surface area contributed by atoms with Gasteiger partial charge in [0.1, 0.15) is 5.69 Å². The summed E-state index contributed by atoms with van der Waals surface area (Å²) in [4.78, 5) is 16.1. The first-order valence-corrected chi connectivity index (χ1v) is 7.98. The molecule has 1 saturated carbocycles. The fourth-order valence-corrected chi connectivity index (χ4v) is 3.74. The van der Waals surface area contributed by atoms with Crippen molar-refractivity contribution in [1.82, 2.24) is 10.3 Å². The number of alkyl halides is 1. The van der Waals surface area contributed by atoms with Crippen molar-refractivity contribution in [3.05, 3.63) is 16.6 Å². The van der Waals surface area contributed by atoms with E-state index in [9.17, 15) is 4.79 Å². The number of carbonyl (C=O) groups is 1. The summed E-state index contributed by atoms with van der Waals surface area (Å²) in [6, 6.07) is 0. The largest absolute Gasteiger partial charge is 0.344 e. The topological polar surface area (TPSA) is 42.0 Å². The SMILES string of the molecule is CC1CCCC(CBr)(NC(=O)c2cscn2)C1. The van der Waals surface area contributed by atoms with Gasteiger partial charge in [0.05, 0.1) is 11.0 Å². The van der Waals surface area contributed by atoms with E-state index in [2.05, 4.69) is 33.2 Å². The van der Waals surface area contributed by atoms with Gasteiger partial charge < -0.3 is 5.32 Å². The van der Waals surface area contributed by atoms with Gasteiger partial charge in [-0.25, -0.2) is 4.98 Å². The lowest BCUT2D eigenvalue weighted by molar-refractivity contribution is 0.0865. The average Bonchev–Trinajstić information content (AvgIpc) is 2.82. The lowest BCUT2D eigenvalue weighted by Crippen LogP contribution is -2.52. The summed E-state index contributed by atoms with van der Waals surface area (Å²) in [5.74, 6) is 0.636. The first-order chi connectivity index (χ1) is 8.15. The Bertz CT molecular complexity index is 382. The maximum Gasteiger partial charge on any atom is 0.271 e. The minimum Gasteiger partial charge on any atom is -0.344 e. The molecule has 1 aromatic heterocycles. The Morgan fingerprint density at radius 1 is 1.76 bits per heavy atom. The predicted molar refractivity (Wildman–Crippen MR) is 73.7 cm³/mol. The van der Waals surface area contributed by atoms with Crippen molar-refractivity contribution in [3.8, 4) is 0 Å². The summed E-state index contributed by atoms with van der Waals surface area (Å²) in [5.41, 5.74) is 2.14. The molecule has 0 saturated heterocycles. The van der Waals surface area contributed by atoms with Crippen molar-refractivity contribution in [3.63, 3.8) is 0 Å². The van der Waals surface area contributed by atoms with Crippen LogP contribution in [0, 0.1) is 5.92 Å². The zero-order valence-electron chi connectivity index (χ0n) is 9.91. The molecule has 2 rings (SSSR count). The van der Waals surface area contributed by atoms with Crippen LogP contribution in [-0.2, 0) is 0 Å². The highest BCUT2D eigenvalue weighted by atomic mass is 79.9. The number of hydrogen-bond donors (Lipinski definition) is 1. The monoisotopic (exact) mass is 316 g/mol. The zero-order chi connectivity index (χ0) is 12.3. The molecule has 3 nitrogen and oxygen atoms in total. The molecule has 2 unspecified atom stereocenters. The van der Waals surface area contributed by atoms with Crippen LogP contribution in [0.5, 0.6) is 0 Å². The minimum absolute atomic E-state index is 0.0419. The predicted octanol–water partition coefficient (Wildman–Crippen LogP) is 3.22. The Labute approximate surface area is 114 Å². The van der Waals surface area contributed by atoms with Crippen molar-refractivity contribution < 1.29 is 4.79 Å². The van der Waals surface area contributed by atoms with Crippen molar-refractivity contribution in [1.29, 1.82) is 0 Å². The van der Waals surface area contributed by atoms with Gasteiger partial charge in [-0.05, 0) is 18.8 Å². The standard InChI is InChI=1S/C12H17BrN2OS/c1-9-3-2-4-12(5-9,7-13)15-11(16)10-6-17-8-14-10/h6,8-9H,2-5,7H2,1H3,(H,15,16). The molecular formula is C12H17BrN2OS. The molecule has 17 heavy (non-hydrogen) atoms. The van der Waals surface area contributed by atoms with Gasteiger partial charge in [-0.1, -0.05) is 35.7 Å². The number of halogens is 1. The summed E-state index contributed by atoms with van der Waals surface area (Å²) < 4.78 is 0. The highest BCUT2D eigenvalue weighted by Crippen LogP contribution is 2.33. The lowest BCUT2D eigenvalue weighted by Gasteiger charge is -2.39. The van der Waals surface area contributed by atoms with Gasteiger partial charge >= 0.3 is 0 Å². The lowest BCUT2D eigenvalue weighted by atomic mass is 9.77. The van der Waals surface area contributed by atoms with Crippen molar-refractivity contribution in [2.24, 2.45) is 5.92 Å². The summed E-state index contributed by atoms with van der Waals surface area (Å²) in [6.45, 7) is 2.26. The molecular weight excluding hydrogens is 300 g/mol. The minimum atomic E-state index is -0.0850. The molecule has 5 heteroatoms. The molecule has 1 aromatic rings. The molecule has 1 heterocycles. The number of amides is 1. The second-order valence-electron chi connectivity index (χ2n) is 4.94. The molecule has 0 radical (unpaired) electrons. The highest BCUT2D eigenvalue weighted by Gasteiger charge is 2.35. The highest BCUT2D eigenvalue weighted by molar-refractivity contribution is 9.09. The van der Waals surface area contributed by atoms with Gasteiger partial charge in [0.25, 0.3) is 5.91 Å². The number of aromatic nitrogens is 1. The third-order valence-electron chi connectivity index (χ3n) is 3.39. The van der Waals surface area contributed by atoms with Crippen molar-refractivity contribution in [2.45, 2.75) is 38.1 Å². The van der Waals surface area contributed by atoms with Gasteiger partial charge in [-0.15, -0.1) is 11.3 Å². The van der Waals surface area contributed by atoms with Crippen LogP contribution in [0.3, 0.4) is 0 Å². The number of hydrogen-bond acceptors (Lipinski definition) is 3. The second-order valence-corrected chi connectivity index (χ2v) is 6.22. The zero-order valence-corrected chi connectivity index (χ0v) is 12.3. The van der Waals surface area contributed by atoms with Crippen molar-refractivity contribution >= 4 is 33.2 Å². The van der Waals surface area contributed by atoms with Crippen LogP contribution in [0.25, 0.3) is 0 Å². The van der Waals surface area contributed by atoms with Crippen molar-refractivity contribution in [2.75, 3.05) is 5.33 Å². The molecule has 0 bridgehead atoms. The number of carbonyl (C=O) groups excluding carboxylic acids is 1. The third kappa shape index (κ3) is 3.07. The molecule has 0 spiro atoms. The van der Waals surface area contributed by atoms with E-state index >= 15 is 0 Å². The average molecular weight is 317 g/mol. The van der Waals surface area contributed by atoms with Crippen LogP contribution in [0.4, 0.5) is 0 Å². The molecule has 1 aliphatic carbocycles. The Kier molecular flexibility index (Phi) is 4.20. The van der Waals surface area contributed by atoms with E-state index in [1.807, 2.05) is 0 Å². The molecule has 1 aliphatic rings. The number of nitrogens with zero attached hydrogens (tertiary/aromatic N) is 1. The quantitative estimate of drug-likeness (QED) is 0.870. The fraction of sp³-hybridized carbons (Fsp3) is 0.667. The molecule has 2 atom stereocenters. The number of nitrogens with one attached hydrogen (secondary N) is 1. The van der Waals surface area contributed by atoms with Crippen LogP contribution in [-0.4, -0.2) is 21.8 Å². The normalized spacial score (nSPS) is 28.9. The van der Waals surface area contributed by atoms with E-state index in [0.717, 1.165) is 18.2 Å². The molecule has 1 fully saturated rings. The van der Waals surface area contributed by atoms with Crippen LogP contribution in [0.1, 0.15) is 43.1 Å². The first kappa shape index (κ1) is 13.0. The molecule has 94 valence electrons. The summed E-state index contributed by atoms with van der Waals surface area (Å²) in [7, 11) is 0. The summed E-state index contributed by atoms with van der Waals surface area (Å²) in [5, 5.41) is 5.79. The summed E-state index contributed by atoms with van der Waals surface area (Å²) in [6.07, 6.45) is 4.55. The smallest absolute Gasteiger partial charge is 0.271 e. The third-order valence-corrected chi connectivity index (χ3v) is 5.05. The van der Waals surface area contributed by atoms with E-state index in [0.29, 0.717) is 11.6 Å². The number of rotatable bonds is 3. The molecule has 1 amide bonds. The van der Waals surface area contributed by atoms with Crippen LogP contribution in [0.2, 0.25) is 0 Å². The van der Waals surface area contributed by atoms with Crippen LogP contribution in [0.15, 0.2) is 10.9 Å². The maximum absolute atomic E-state index is 12.1. The van der Waals surface area contributed by atoms with Gasteiger partial charge in [-0.3, -0.25) is 4.79 Å². The van der Waals surface area contributed by atoms with E-state index in [4.69, 9.17) is 0 Å². The molecule has 0 aliphatic heterocycles. The Morgan fingerprint density at radius 2 is 2.59 bits per heavy atom. The van der Waals surface area contributed by atoms with E-state index < -0.39 is 0 Å². The van der Waals surface area contributed by atoms with Gasteiger partial charge in [0.2, 0.25) is 0 Å². The summed E-state index contributed by atoms with van der Waals surface area (Å²) >= 11 is 5.01. The Morgan fingerprint density at radius 3 is 3.18 bits per heavy atom. The van der Waals surface area contributed by atoms with Gasteiger partial charge in [-0.2, -0.15) is 0 Å². The van der Waals surface area contributed by atoms with Crippen LogP contribution >= 0.6 is 27.3 Å². The molecule has 1 N–H and O–H groups in total. The van der Waals surface area contributed by atoms with Gasteiger partial charge in [0, 0.05) is 10.7 Å². The van der Waals surface area contributed by atoms with Gasteiger partial charge in [0.15, 0.2) is 0 Å². The van der Waals surface area contributed by atoms with Crippen LogP contribution < -0.4 is 5.32 Å². The Balaban J connectivity index is 2.06. The Hall–Kier alpha value is -0.420. The second kappa shape index (κ2) is 5.48.